The molecule has 30 heteroatoms. The highest BCUT2D eigenvalue weighted by Crippen LogP contribution is 2.26. The number of aromatic amines is 1. The van der Waals surface area contributed by atoms with Gasteiger partial charge >= 0.3 is 5.97 Å². The number of carbonyl (C=O) groups is 11. The average Bonchev–Trinajstić information content (AvgIpc) is 4.16. The molecule has 30 nitrogen and oxygen atoms in total. The molecule has 0 radical (unpaired) electrons. The Hall–Kier alpha value is -6.86. The van der Waals surface area contributed by atoms with E-state index in [4.69, 9.17) is 11.5 Å². The second-order valence-corrected chi connectivity index (χ2v) is 18.1. The van der Waals surface area contributed by atoms with Crippen molar-refractivity contribution in [3.63, 3.8) is 0 Å². The first-order chi connectivity index (χ1) is 34.5. The number of aliphatic hydroxyl groups is 5. The maximum absolute atomic E-state index is 14.5. The lowest BCUT2D eigenvalue weighted by Crippen LogP contribution is -2.61. The van der Waals surface area contributed by atoms with E-state index in [0.29, 0.717) is 18.5 Å². The molecule has 408 valence electrons. The Balaban J connectivity index is 1.78. The molecule has 10 amide bonds. The number of aromatic nitrogens is 2. The second-order valence-electron chi connectivity index (χ2n) is 18.1. The number of aliphatic hydroxyl groups excluding tert-OH is 5. The van der Waals surface area contributed by atoms with Crippen LogP contribution in [0, 0.1) is 5.92 Å². The Morgan fingerprint density at radius 1 is 0.671 bits per heavy atom. The molecule has 1 aromatic rings. The predicted molar refractivity (Wildman–Crippen MR) is 249 cm³/mol. The van der Waals surface area contributed by atoms with Crippen molar-refractivity contribution in [3.8, 4) is 0 Å². The molecular formula is C43H69N13O17. The molecule has 0 aromatic carbocycles. The van der Waals surface area contributed by atoms with Crippen LogP contribution < -0.4 is 48.7 Å². The molecule has 0 bridgehead atoms. The number of nitrogens with two attached hydrogens (primary N) is 2. The number of carboxylic acids is 1. The molecule has 3 heterocycles. The smallest absolute Gasteiger partial charge is 0.328 e. The fraction of sp³-hybridized carbons (Fsp3) is 0.674. The number of primary amides is 1. The van der Waals surface area contributed by atoms with E-state index in [2.05, 4.69) is 41.9 Å². The van der Waals surface area contributed by atoms with Crippen molar-refractivity contribution in [2.45, 2.75) is 139 Å². The van der Waals surface area contributed by atoms with Crippen LogP contribution in [0.3, 0.4) is 0 Å². The van der Waals surface area contributed by atoms with Crippen LogP contribution in [0.15, 0.2) is 12.5 Å². The molecule has 2 aliphatic rings. The third-order valence-corrected chi connectivity index (χ3v) is 11.9. The Morgan fingerprint density at radius 3 is 1.64 bits per heavy atom. The highest BCUT2D eigenvalue weighted by molar-refractivity contribution is 5.99. The van der Waals surface area contributed by atoms with Gasteiger partial charge in [0.05, 0.1) is 38.9 Å². The Morgan fingerprint density at radius 2 is 1.16 bits per heavy atom. The zero-order chi connectivity index (χ0) is 54.7. The van der Waals surface area contributed by atoms with E-state index in [1.807, 2.05) is 5.32 Å². The van der Waals surface area contributed by atoms with Crippen LogP contribution in [-0.2, 0) is 59.2 Å². The average molecular weight is 1040 g/mol. The molecule has 18 N–H and O–H groups in total. The van der Waals surface area contributed by atoms with Gasteiger partial charge in [0.1, 0.15) is 54.4 Å². The topological polar surface area (TPSA) is 481 Å². The van der Waals surface area contributed by atoms with Crippen molar-refractivity contribution in [2.75, 3.05) is 39.5 Å². The predicted octanol–water partition coefficient (Wildman–Crippen LogP) is -8.60. The molecule has 0 unspecified atom stereocenters. The van der Waals surface area contributed by atoms with Gasteiger partial charge in [-0.2, -0.15) is 0 Å². The minimum absolute atomic E-state index is 0.0286. The molecule has 2 saturated heterocycles. The summed E-state index contributed by atoms with van der Waals surface area (Å²) in [4.78, 5) is 154. The summed E-state index contributed by atoms with van der Waals surface area (Å²) in [5.41, 5.74) is 11.0. The lowest BCUT2D eigenvalue weighted by molar-refractivity contribution is -0.148. The van der Waals surface area contributed by atoms with E-state index in [0.717, 1.165) is 6.92 Å². The van der Waals surface area contributed by atoms with Crippen LogP contribution >= 0.6 is 0 Å². The Labute approximate surface area is 418 Å². The fourth-order valence-corrected chi connectivity index (χ4v) is 8.00. The van der Waals surface area contributed by atoms with E-state index in [1.165, 1.54) is 22.3 Å². The van der Waals surface area contributed by atoms with Crippen molar-refractivity contribution >= 4 is 65.0 Å². The first-order valence-corrected chi connectivity index (χ1v) is 23.6. The zero-order valence-electron chi connectivity index (χ0n) is 40.7. The molecule has 0 spiro atoms. The van der Waals surface area contributed by atoms with Gasteiger partial charge < -0.3 is 94.1 Å². The zero-order valence-corrected chi connectivity index (χ0v) is 40.7. The minimum atomic E-state index is -1.81. The van der Waals surface area contributed by atoms with Gasteiger partial charge in [0, 0.05) is 37.8 Å². The molecule has 73 heavy (non-hydrogen) atoms. The van der Waals surface area contributed by atoms with Crippen LogP contribution in [-0.4, -0.2) is 221 Å². The Kier molecular flexibility index (Phi) is 24.0. The number of hydrogen-bond acceptors (Lipinski definition) is 18. The lowest BCUT2D eigenvalue weighted by Gasteiger charge is -2.33. The number of H-pyrrole nitrogens is 1. The Bertz CT molecular complexity index is 2110. The summed E-state index contributed by atoms with van der Waals surface area (Å²) in [6.45, 7) is 0.811. The van der Waals surface area contributed by atoms with Crippen molar-refractivity contribution < 1.29 is 83.4 Å². The third-order valence-electron chi connectivity index (χ3n) is 11.9. The van der Waals surface area contributed by atoms with Crippen molar-refractivity contribution in [3.05, 3.63) is 18.2 Å². The van der Waals surface area contributed by atoms with Crippen molar-refractivity contribution in [2.24, 2.45) is 17.4 Å². The SMILES string of the molecule is CC(C)C[C@H](NC(=O)[C@@H]1CCCN1C(=O)[C@@H]1CCCN1C(=O)[C@H](Cc1cnc[nH]1)NC(=O)[C@H](CO)NC(=O)[C@H](CO)NC(=O)[C@H](CCC(N)=O)NC(=O)[C@@H](N)CO)C(=O)N[C@@H](CO)C(=O)N[C@H](C(=O)O)[C@@H](C)O. The first kappa shape index (κ1) is 60.4. The van der Waals surface area contributed by atoms with Gasteiger partial charge in [-0.1, -0.05) is 13.8 Å². The quantitative estimate of drug-likeness (QED) is 0.0354. The van der Waals surface area contributed by atoms with Crippen molar-refractivity contribution in [1.29, 1.82) is 0 Å². The summed E-state index contributed by atoms with van der Waals surface area (Å²) in [5.74, 6) is -11.2. The molecule has 2 aliphatic heterocycles. The molecule has 11 atom stereocenters. The summed E-state index contributed by atoms with van der Waals surface area (Å²) in [5, 5.41) is 74.5. The molecule has 1 aromatic heterocycles. The monoisotopic (exact) mass is 1040 g/mol. The largest absolute Gasteiger partial charge is 0.480 e. The van der Waals surface area contributed by atoms with Gasteiger partial charge in [0.25, 0.3) is 0 Å². The van der Waals surface area contributed by atoms with Crippen molar-refractivity contribution in [1.82, 2.24) is 57.0 Å². The van der Waals surface area contributed by atoms with Crippen LogP contribution in [0.1, 0.15) is 71.4 Å². The van der Waals surface area contributed by atoms with Gasteiger partial charge in [0.15, 0.2) is 6.04 Å². The summed E-state index contributed by atoms with van der Waals surface area (Å²) in [6, 6.07) is -15.1. The number of nitrogens with zero attached hydrogens (tertiary/aromatic N) is 3. The summed E-state index contributed by atoms with van der Waals surface area (Å²) in [6.07, 6.45) is 1.11. The molecule has 0 saturated carbocycles. The number of nitrogens with one attached hydrogen (secondary N) is 8. The molecule has 2 fully saturated rings. The van der Waals surface area contributed by atoms with E-state index in [1.54, 1.807) is 13.8 Å². The number of hydrogen-bond donors (Lipinski definition) is 16. The van der Waals surface area contributed by atoms with Crippen LogP contribution in [0.4, 0.5) is 0 Å². The van der Waals surface area contributed by atoms with Gasteiger partial charge in [-0.15, -0.1) is 0 Å². The standard InChI is InChI=1S/C43H69N13O17/c1-20(2)12-25(36(65)52-29(18-60)39(68)54-33(21(3)61)43(72)73)49-40(69)30-6-4-10-55(30)42(71)31-7-5-11-56(31)41(70)26(13-22-14-46-19-47-22)50-37(66)27(16-58)53-38(67)28(17-59)51-35(64)24(8-9-32(45)62)48-34(63)23(44)15-57/h14,19-21,23-31,33,57-61H,4-13,15-18,44H2,1-3H3,(H2,45,62)(H,46,47)(H,48,63)(H,49,69)(H,50,66)(H,51,64)(H,52,65)(H,53,67)(H,54,68)(H,72,73)/t21-,23+,24+,25+,26+,27+,28+,29+,30+,31+,33+/m1/s1. The molecular weight excluding hydrogens is 971 g/mol. The van der Waals surface area contributed by atoms with E-state index in [9.17, 15) is 83.4 Å². The molecule has 3 rings (SSSR count). The minimum Gasteiger partial charge on any atom is -0.480 e. The maximum atomic E-state index is 14.5. The van der Waals surface area contributed by atoms with Crippen LogP contribution in [0.5, 0.6) is 0 Å². The third kappa shape index (κ3) is 17.7. The number of carboxylic acid groups (broad SMARTS) is 1. The number of amides is 10. The summed E-state index contributed by atoms with van der Waals surface area (Å²) >= 11 is 0. The highest BCUT2D eigenvalue weighted by Gasteiger charge is 2.45. The van der Waals surface area contributed by atoms with E-state index >= 15 is 0 Å². The first-order valence-electron chi connectivity index (χ1n) is 23.6. The van der Waals surface area contributed by atoms with Gasteiger partial charge in [0.2, 0.25) is 59.1 Å². The van der Waals surface area contributed by atoms with E-state index < -0.39 is 164 Å². The summed E-state index contributed by atoms with van der Waals surface area (Å²) in [7, 11) is 0. The lowest BCUT2D eigenvalue weighted by atomic mass is 10.0. The number of carbonyl (C=O) groups excluding carboxylic acids is 10. The van der Waals surface area contributed by atoms with E-state index in [-0.39, 0.29) is 51.1 Å². The summed E-state index contributed by atoms with van der Waals surface area (Å²) < 4.78 is 0. The highest BCUT2D eigenvalue weighted by atomic mass is 16.4. The molecule has 0 aliphatic carbocycles. The maximum Gasteiger partial charge on any atom is 0.328 e. The van der Waals surface area contributed by atoms with Crippen LogP contribution in [0.2, 0.25) is 0 Å². The number of aliphatic carboxylic acids is 1. The van der Waals surface area contributed by atoms with Gasteiger partial charge in [-0.05, 0) is 51.4 Å². The second kappa shape index (κ2) is 29.0. The van der Waals surface area contributed by atoms with Crippen LogP contribution in [0.25, 0.3) is 0 Å². The van der Waals surface area contributed by atoms with Gasteiger partial charge in [-0.3, -0.25) is 47.9 Å². The fourth-order valence-electron chi connectivity index (χ4n) is 8.00. The number of rotatable bonds is 29. The normalized spacial score (nSPS) is 19.2. The number of likely N-dealkylation sites (tertiary alicyclic amines) is 2. The van der Waals surface area contributed by atoms with Gasteiger partial charge in [-0.25, -0.2) is 9.78 Å². The number of imidazole rings is 1.